The standard InChI is InChI=1S/C19H14F3N5O/c20-19(21,22)12-28-17-4-2-1-3-15(17)27-16-11-26(10-14(16)9-25-27)18-6-5-13(7-23)8-24-18/h1-6,8-9H,10-12H2. The van der Waals surface area contributed by atoms with E-state index in [1.807, 2.05) is 11.0 Å². The van der Waals surface area contributed by atoms with E-state index in [1.165, 1.54) is 12.3 Å². The molecule has 1 aliphatic rings. The summed E-state index contributed by atoms with van der Waals surface area (Å²) in [5, 5.41) is 13.2. The lowest BCUT2D eigenvalue weighted by molar-refractivity contribution is -0.153. The summed E-state index contributed by atoms with van der Waals surface area (Å²) in [7, 11) is 0. The molecule has 0 aliphatic carbocycles. The Hall–Kier alpha value is -3.54. The van der Waals surface area contributed by atoms with E-state index in [9.17, 15) is 13.2 Å². The molecule has 4 rings (SSSR count). The maximum Gasteiger partial charge on any atom is 0.422 e. The number of hydrogen-bond acceptors (Lipinski definition) is 5. The summed E-state index contributed by atoms with van der Waals surface area (Å²) in [6.07, 6.45) is -1.22. The van der Waals surface area contributed by atoms with Crippen LogP contribution in [0, 0.1) is 11.3 Å². The number of anilines is 1. The van der Waals surface area contributed by atoms with Crippen LogP contribution in [0.4, 0.5) is 19.0 Å². The normalized spacial score (nSPS) is 13.3. The van der Waals surface area contributed by atoms with Gasteiger partial charge < -0.3 is 9.64 Å². The van der Waals surface area contributed by atoms with Crippen molar-refractivity contribution in [3.05, 3.63) is 65.6 Å². The van der Waals surface area contributed by atoms with E-state index < -0.39 is 12.8 Å². The highest BCUT2D eigenvalue weighted by atomic mass is 19.4. The molecule has 3 heterocycles. The molecule has 28 heavy (non-hydrogen) atoms. The summed E-state index contributed by atoms with van der Waals surface area (Å²) in [6.45, 7) is -0.309. The number of rotatable bonds is 4. The Labute approximate surface area is 158 Å². The van der Waals surface area contributed by atoms with Crippen molar-refractivity contribution in [2.24, 2.45) is 0 Å². The molecule has 0 saturated carbocycles. The molecule has 0 N–H and O–H groups in total. The zero-order valence-corrected chi connectivity index (χ0v) is 14.5. The van der Waals surface area contributed by atoms with Gasteiger partial charge in [0.15, 0.2) is 6.61 Å². The van der Waals surface area contributed by atoms with E-state index in [-0.39, 0.29) is 5.75 Å². The SMILES string of the molecule is N#Cc1ccc(N2Cc3cnn(-c4ccccc4OCC(F)(F)F)c3C2)nc1. The summed E-state index contributed by atoms with van der Waals surface area (Å²) >= 11 is 0. The highest BCUT2D eigenvalue weighted by Gasteiger charge is 2.30. The Morgan fingerprint density at radius 2 is 1.93 bits per heavy atom. The number of pyridine rings is 1. The Kier molecular flexibility index (Phi) is 4.39. The number of alkyl halides is 3. The number of aromatic nitrogens is 3. The van der Waals surface area contributed by atoms with Crippen LogP contribution in [0.3, 0.4) is 0 Å². The van der Waals surface area contributed by atoms with Gasteiger partial charge in [-0.3, -0.25) is 0 Å². The number of halogens is 3. The van der Waals surface area contributed by atoms with E-state index in [0.29, 0.717) is 30.2 Å². The number of fused-ring (bicyclic) bond motifs is 1. The zero-order valence-electron chi connectivity index (χ0n) is 14.5. The van der Waals surface area contributed by atoms with Gasteiger partial charge in [0.1, 0.15) is 23.3 Å². The van der Waals surface area contributed by atoms with E-state index >= 15 is 0 Å². The molecular formula is C19H14F3N5O. The summed E-state index contributed by atoms with van der Waals surface area (Å²) in [5.41, 5.74) is 2.73. The molecule has 0 unspecified atom stereocenters. The second-order valence-corrected chi connectivity index (χ2v) is 6.27. The largest absolute Gasteiger partial charge is 0.482 e. The molecular weight excluding hydrogens is 371 g/mol. The van der Waals surface area contributed by atoms with E-state index in [2.05, 4.69) is 10.1 Å². The smallest absolute Gasteiger partial charge is 0.422 e. The molecule has 6 nitrogen and oxygen atoms in total. The van der Waals surface area contributed by atoms with Crippen molar-refractivity contribution in [1.29, 1.82) is 5.26 Å². The number of benzene rings is 1. The molecule has 3 aromatic rings. The van der Waals surface area contributed by atoms with Gasteiger partial charge in [-0.05, 0) is 24.3 Å². The van der Waals surface area contributed by atoms with Crippen molar-refractivity contribution in [2.75, 3.05) is 11.5 Å². The highest BCUT2D eigenvalue weighted by Crippen LogP contribution is 2.32. The fourth-order valence-electron chi connectivity index (χ4n) is 3.07. The predicted molar refractivity (Wildman–Crippen MR) is 94.0 cm³/mol. The first-order valence-corrected chi connectivity index (χ1v) is 8.40. The third kappa shape index (κ3) is 3.49. The van der Waals surface area contributed by atoms with Crippen molar-refractivity contribution >= 4 is 5.82 Å². The van der Waals surface area contributed by atoms with Crippen LogP contribution in [-0.4, -0.2) is 27.5 Å². The second kappa shape index (κ2) is 6.88. The molecule has 142 valence electrons. The Morgan fingerprint density at radius 3 is 2.64 bits per heavy atom. The van der Waals surface area contributed by atoms with Gasteiger partial charge in [0, 0.05) is 18.3 Å². The van der Waals surface area contributed by atoms with Crippen LogP contribution in [0.1, 0.15) is 16.8 Å². The first-order valence-electron chi connectivity index (χ1n) is 8.40. The van der Waals surface area contributed by atoms with Crippen molar-refractivity contribution in [2.45, 2.75) is 19.3 Å². The van der Waals surface area contributed by atoms with Crippen molar-refractivity contribution in [3.8, 4) is 17.5 Å². The molecule has 0 amide bonds. The van der Waals surface area contributed by atoms with Gasteiger partial charge in [-0.25, -0.2) is 9.67 Å². The maximum absolute atomic E-state index is 12.5. The number of hydrogen-bond donors (Lipinski definition) is 0. The second-order valence-electron chi connectivity index (χ2n) is 6.27. The zero-order chi connectivity index (χ0) is 19.7. The fourth-order valence-corrected chi connectivity index (χ4v) is 3.07. The lowest BCUT2D eigenvalue weighted by atomic mass is 10.2. The minimum atomic E-state index is -4.42. The van der Waals surface area contributed by atoms with Crippen molar-refractivity contribution in [3.63, 3.8) is 0 Å². The molecule has 0 atom stereocenters. The summed E-state index contributed by atoms with van der Waals surface area (Å²) in [6, 6.07) is 12.0. The molecule has 0 saturated heterocycles. The minimum Gasteiger partial charge on any atom is -0.482 e. The first-order chi connectivity index (χ1) is 13.4. The first kappa shape index (κ1) is 17.9. The number of nitriles is 1. The average Bonchev–Trinajstić information content (AvgIpc) is 3.27. The van der Waals surface area contributed by atoms with Gasteiger partial charge in [-0.2, -0.15) is 23.5 Å². The van der Waals surface area contributed by atoms with E-state index in [4.69, 9.17) is 10.00 Å². The van der Waals surface area contributed by atoms with Crippen LogP contribution < -0.4 is 9.64 Å². The maximum atomic E-state index is 12.5. The number of para-hydroxylation sites is 2. The van der Waals surface area contributed by atoms with Gasteiger partial charge in [0.2, 0.25) is 0 Å². The van der Waals surface area contributed by atoms with E-state index in [1.54, 1.807) is 41.2 Å². The van der Waals surface area contributed by atoms with Gasteiger partial charge >= 0.3 is 6.18 Å². The minimum absolute atomic E-state index is 0.112. The van der Waals surface area contributed by atoms with Gasteiger partial charge in [0.05, 0.1) is 24.0 Å². The molecule has 0 fully saturated rings. The van der Waals surface area contributed by atoms with Gasteiger partial charge in [-0.1, -0.05) is 12.1 Å². The number of ether oxygens (including phenoxy) is 1. The summed E-state index contributed by atoms with van der Waals surface area (Å²) < 4.78 is 44.2. The molecule has 1 aromatic carbocycles. The quantitative estimate of drug-likeness (QED) is 0.687. The van der Waals surface area contributed by atoms with Crippen LogP contribution in [-0.2, 0) is 13.1 Å². The van der Waals surface area contributed by atoms with Gasteiger partial charge in [0.25, 0.3) is 0 Å². The van der Waals surface area contributed by atoms with Crippen molar-refractivity contribution in [1.82, 2.24) is 14.8 Å². The topological polar surface area (TPSA) is 67.0 Å². The Bertz CT molecular complexity index is 1040. The van der Waals surface area contributed by atoms with Crippen molar-refractivity contribution < 1.29 is 17.9 Å². The lowest BCUT2D eigenvalue weighted by Crippen LogP contribution is -2.20. The molecule has 1 aliphatic heterocycles. The van der Waals surface area contributed by atoms with Crippen LogP contribution in [0.25, 0.3) is 5.69 Å². The molecule has 0 spiro atoms. The molecule has 0 radical (unpaired) electrons. The monoisotopic (exact) mass is 385 g/mol. The van der Waals surface area contributed by atoms with Crippen LogP contribution in [0.15, 0.2) is 48.8 Å². The lowest BCUT2D eigenvalue weighted by Gasteiger charge is -2.18. The molecule has 2 aromatic heterocycles. The summed E-state index contributed by atoms with van der Waals surface area (Å²) in [5.74, 6) is 0.823. The number of nitrogens with zero attached hydrogens (tertiary/aromatic N) is 5. The highest BCUT2D eigenvalue weighted by molar-refractivity contribution is 5.51. The summed E-state index contributed by atoms with van der Waals surface area (Å²) in [4.78, 5) is 6.30. The van der Waals surface area contributed by atoms with E-state index in [0.717, 1.165) is 11.3 Å². The Balaban J connectivity index is 1.60. The van der Waals surface area contributed by atoms with Crippen LogP contribution in [0.2, 0.25) is 0 Å². The van der Waals surface area contributed by atoms with Gasteiger partial charge in [-0.15, -0.1) is 0 Å². The Morgan fingerprint density at radius 1 is 1.11 bits per heavy atom. The molecule has 0 bridgehead atoms. The van der Waals surface area contributed by atoms with Crippen LogP contribution >= 0.6 is 0 Å². The fraction of sp³-hybridized carbons (Fsp3) is 0.211. The third-order valence-corrected chi connectivity index (χ3v) is 4.34. The van der Waals surface area contributed by atoms with Crippen LogP contribution in [0.5, 0.6) is 5.75 Å². The third-order valence-electron chi connectivity index (χ3n) is 4.34. The predicted octanol–water partition coefficient (Wildman–Crippen LogP) is 3.60. The molecule has 9 heteroatoms. The average molecular weight is 385 g/mol.